The molecule has 1 atom stereocenters. The first kappa shape index (κ1) is 23.2. The molecule has 1 aromatic heterocycles. The molecule has 34 heavy (non-hydrogen) atoms. The Hall–Kier alpha value is -3.93. The molecule has 0 aliphatic carbocycles. The van der Waals surface area contributed by atoms with Crippen molar-refractivity contribution in [3.63, 3.8) is 0 Å². The molecule has 2 aromatic carbocycles. The average Bonchev–Trinajstić information content (AvgIpc) is 3.09. The molecule has 1 amide bonds. The summed E-state index contributed by atoms with van der Waals surface area (Å²) in [5, 5.41) is 11.5. The molecule has 0 bridgehead atoms. The summed E-state index contributed by atoms with van der Waals surface area (Å²) in [5.41, 5.74) is 4.51. The van der Waals surface area contributed by atoms with Gasteiger partial charge in [0.2, 0.25) is 0 Å². The molecule has 0 saturated carbocycles. The molecular formula is C28H28N2O4. The first-order chi connectivity index (χ1) is 16.2. The number of aromatic nitrogens is 1. The number of aliphatic hydroxyl groups excluding tert-OH is 1. The van der Waals surface area contributed by atoms with E-state index < -0.39 is 17.7 Å². The normalized spacial score (nSPS) is 17.5. The number of pyridine rings is 1. The van der Waals surface area contributed by atoms with E-state index in [0.29, 0.717) is 28.5 Å². The standard InChI is InChI=1S/C28H28N2O4/c1-16(2)19-6-8-21(9-7-19)30-24(20-10-12-29-13-11-20)23(26(32)28(30)33)25(31)22-15-17(3)14-18(4)27(22)34-5/h6-16,24,31H,1-5H3/b25-23+. The fraction of sp³-hybridized carbons (Fsp3) is 0.250. The maximum atomic E-state index is 13.4. The van der Waals surface area contributed by atoms with Crippen LogP contribution in [0.25, 0.3) is 5.76 Å². The molecule has 1 saturated heterocycles. The monoisotopic (exact) mass is 456 g/mol. The van der Waals surface area contributed by atoms with Crippen LogP contribution in [0.1, 0.15) is 53.6 Å². The molecule has 1 N–H and O–H groups in total. The number of hydrogen-bond acceptors (Lipinski definition) is 5. The van der Waals surface area contributed by atoms with Crippen LogP contribution in [0.5, 0.6) is 5.75 Å². The Morgan fingerprint density at radius 2 is 1.68 bits per heavy atom. The topological polar surface area (TPSA) is 79.7 Å². The minimum atomic E-state index is -0.807. The molecular weight excluding hydrogens is 428 g/mol. The van der Waals surface area contributed by atoms with Crippen LogP contribution in [0.2, 0.25) is 0 Å². The smallest absolute Gasteiger partial charge is 0.300 e. The largest absolute Gasteiger partial charge is 0.507 e. The minimum Gasteiger partial charge on any atom is -0.507 e. The van der Waals surface area contributed by atoms with Crippen molar-refractivity contribution in [2.45, 2.75) is 39.7 Å². The van der Waals surface area contributed by atoms with E-state index in [0.717, 1.165) is 16.7 Å². The third kappa shape index (κ3) is 3.96. The second kappa shape index (κ2) is 9.14. The number of methoxy groups -OCH3 is 1. The highest BCUT2D eigenvalue weighted by Gasteiger charge is 2.47. The van der Waals surface area contributed by atoms with E-state index in [1.807, 2.05) is 44.2 Å². The number of benzene rings is 2. The van der Waals surface area contributed by atoms with E-state index in [4.69, 9.17) is 4.74 Å². The maximum Gasteiger partial charge on any atom is 0.300 e. The van der Waals surface area contributed by atoms with E-state index in [-0.39, 0.29) is 11.3 Å². The molecule has 6 heteroatoms. The predicted octanol–water partition coefficient (Wildman–Crippen LogP) is 5.46. The molecule has 0 spiro atoms. The predicted molar refractivity (Wildman–Crippen MR) is 132 cm³/mol. The summed E-state index contributed by atoms with van der Waals surface area (Å²) in [6, 6.07) is 14.0. The highest BCUT2D eigenvalue weighted by atomic mass is 16.5. The molecule has 1 aliphatic heterocycles. The fourth-order valence-electron chi connectivity index (χ4n) is 4.53. The van der Waals surface area contributed by atoms with E-state index in [1.54, 1.807) is 30.6 Å². The average molecular weight is 457 g/mol. The van der Waals surface area contributed by atoms with Gasteiger partial charge < -0.3 is 9.84 Å². The Balaban J connectivity index is 1.96. The van der Waals surface area contributed by atoms with Crippen molar-refractivity contribution in [3.05, 3.63) is 94.3 Å². The highest BCUT2D eigenvalue weighted by molar-refractivity contribution is 6.51. The van der Waals surface area contributed by atoms with Gasteiger partial charge in [-0.25, -0.2) is 0 Å². The van der Waals surface area contributed by atoms with E-state index in [9.17, 15) is 14.7 Å². The Morgan fingerprint density at radius 1 is 1.03 bits per heavy atom. The Bertz CT molecular complexity index is 1280. The van der Waals surface area contributed by atoms with Gasteiger partial charge in [-0.2, -0.15) is 0 Å². The zero-order chi connectivity index (χ0) is 24.6. The number of ether oxygens (including phenoxy) is 1. The van der Waals surface area contributed by atoms with Crippen LogP contribution in [-0.2, 0) is 9.59 Å². The molecule has 6 nitrogen and oxygen atoms in total. The Kier molecular flexibility index (Phi) is 6.24. The summed E-state index contributed by atoms with van der Waals surface area (Å²) in [6.45, 7) is 7.96. The summed E-state index contributed by atoms with van der Waals surface area (Å²) < 4.78 is 5.55. The van der Waals surface area contributed by atoms with Gasteiger partial charge in [0.25, 0.3) is 11.7 Å². The summed E-state index contributed by atoms with van der Waals surface area (Å²) in [4.78, 5) is 32.2. The number of ketones is 1. The molecule has 2 heterocycles. The van der Waals surface area contributed by atoms with Crippen LogP contribution in [0, 0.1) is 13.8 Å². The summed E-state index contributed by atoms with van der Waals surface area (Å²) in [5.74, 6) is -0.899. The summed E-state index contributed by atoms with van der Waals surface area (Å²) in [6.07, 6.45) is 3.21. The third-order valence-electron chi connectivity index (χ3n) is 6.18. The first-order valence-electron chi connectivity index (χ1n) is 11.2. The summed E-state index contributed by atoms with van der Waals surface area (Å²) >= 11 is 0. The van der Waals surface area contributed by atoms with Gasteiger partial charge in [-0.3, -0.25) is 19.5 Å². The van der Waals surface area contributed by atoms with Gasteiger partial charge in [0.1, 0.15) is 11.5 Å². The third-order valence-corrected chi connectivity index (χ3v) is 6.18. The van der Waals surface area contributed by atoms with Crippen LogP contribution < -0.4 is 9.64 Å². The van der Waals surface area contributed by atoms with Crippen molar-refractivity contribution in [2.75, 3.05) is 12.0 Å². The number of carbonyl (C=O) groups excluding carboxylic acids is 2. The lowest BCUT2D eigenvalue weighted by molar-refractivity contribution is -0.132. The second-order valence-corrected chi connectivity index (χ2v) is 8.86. The van der Waals surface area contributed by atoms with Crippen LogP contribution in [0.15, 0.2) is 66.5 Å². The zero-order valence-corrected chi connectivity index (χ0v) is 20.0. The lowest BCUT2D eigenvalue weighted by Gasteiger charge is -2.26. The molecule has 174 valence electrons. The quantitative estimate of drug-likeness (QED) is 0.313. The van der Waals surface area contributed by atoms with Gasteiger partial charge in [-0.05, 0) is 72.4 Å². The van der Waals surface area contributed by atoms with Crippen molar-refractivity contribution in [3.8, 4) is 5.75 Å². The number of carbonyl (C=O) groups is 2. The van der Waals surface area contributed by atoms with Crippen LogP contribution in [0.4, 0.5) is 5.69 Å². The Morgan fingerprint density at radius 3 is 2.26 bits per heavy atom. The number of anilines is 1. The zero-order valence-electron chi connectivity index (χ0n) is 20.0. The SMILES string of the molecule is COc1c(C)cc(C)cc1/C(O)=C1\C(=O)C(=O)N(c2ccc(C(C)C)cc2)C1c1ccncc1. The molecule has 1 aliphatic rings. The van der Waals surface area contributed by atoms with Crippen molar-refractivity contribution >= 4 is 23.1 Å². The van der Waals surface area contributed by atoms with Gasteiger partial charge in [0.05, 0.1) is 24.3 Å². The van der Waals surface area contributed by atoms with Crippen LogP contribution in [-0.4, -0.2) is 28.9 Å². The lowest BCUT2D eigenvalue weighted by Crippen LogP contribution is -2.29. The van der Waals surface area contributed by atoms with Gasteiger partial charge in [0, 0.05) is 18.1 Å². The number of hydrogen-bond donors (Lipinski definition) is 1. The number of aryl methyl sites for hydroxylation is 2. The molecule has 1 fully saturated rings. The molecule has 0 radical (unpaired) electrons. The lowest BCUT2D eigenvalue weighted by atomic mass is 9.94. The summed E-state index contributed by atoms with van der Waals surface area (Å²) in [7, 11) is 1.52. The first-order valence-corrected chi connectivity index (χ1v) is 11.2. The van der Waals surface area contributed by atoms with Crippen molar-refractivity contribution < 1.29 is 19.4 Å². The Labute approximate surface area is 199 Å². The fourth-order valence-corrected chi connectivity index (χ4v) is 4.53. The second-order valence-electron chi connectivity index (χ2n) is 8.86. The van der Waals surface area contributed by atoms with Gasteiger partial charge in [-0.1, -0.05) is 32.0 Å². The molecule has 4 rings (SSSR count). The van der Waals surface area contributed by atoms with E-state index in [1.165, 1.54) is 12.0 Å². The molecule has 3 aromatic rings. The van der Waals surface area contributed by atoms with E-state index >= 15 is 0 Å². The van der Waals surface area contributed by atoms with Crippen LogP contribution >= 0.6 is 0 Å². The maximum absolute atomic E-state index is 13.4. The minimum absolute atomic E-state index is 0.0208. The number of Topliss-reactive ketones (excluding diaryl/α,β-unsaturated/α-hetero) is 1. The van der Waals surface area contributed by atoms with Crippen molar-refractivity contribution in [1.29, 1.82) is 0 Å². The van der Waals surface area contributed by atoms with Crippen molar-refractivity contribution in [1.82, 2.24) is 4.98 Å². The number of rotatable bonds is 5. The molecule has 1 unspecified atom stereocenters. The number of nitrogens with zero attached hydrogens (tertiary/aromatic N) is 2. The number of amides is 1. The van der Waals surface area contributed by atoms with Crippen LogP contribution in [0.3, 0.4) is 0 Å². The van der Waals surface area contributed by atoms with Gasteiger partial charge >= 0.3 is 0 Å². The van der Waals surface area contributed by atoms with E-state index in [2.05, 4.69) is 18.8 Å². The van der Waals surface area contributed by atoms with Crippen molar-refractivity contribution in [2.24, 2.45) is 0 Å². The van der Waals surface area contributed by atoms with Gasteiger partial charge in [-0.15, -0.1) is 0 Å². The number of aliphatic hydroxyl groups is 1. The highest BCUT2D eigenvalue weighted by Crippen LogP contribution is 2.43. The van der Waals surface area contributed by atoms with Gasteiger partial charge in [0.15, 0.2) is 0 Å².